The SMILES string of the molecule is CCCCCCCCCCCC(=O)OC[C@@H](COC(=O)CCCCCCCCCCCCCCCCC(C)CC)OC(=O)CCCCCCCCCCCCCCCCCCCCC(C)C. The molecule has 1 unspecified atom stereocenters. The molecule has 0 spiro atoms. The Morgan fingerprint density at radius 1 is 0.318 bits per heavy atom. The molecule has 0 heterocycles. The van der Waals surface area contributed by atoms with Gasteiger partial charge in [-0.1, -0.05) is 298 Å². The second-order valence-corrected chi connectivity index (χ2v) is 21.4. The zero-order valence-electron chi connectivity index (χ0n) is 45.3. The molecule has 0 bridgehead atoms. The third kappa shape index (κ3) is 51.8. The quantitative estimate of drug-likeness (QED) is 0.0343. The fraction of sp³-hybridized carbons (Fsp3) is 0.950. The molecule has 0 N–H and O–H groups in total. The molecule has 0 aliphatic heterocycles. The summed E-state index contributed by atoms with van der Waals surface area (Å²) in [7, 11) is 0. The molecule has 6 heteroatoms. The first-order chi connectivity index (χ1) is 32.3. The van der Waals surface area contributed by atoms with E-state index in [0.717, 1.165) is 69.6 Å². The maximum Gasteiger partial charge on any atom is 0.306 e. The van der Waals surface area contributed by atoms with Crippen molar-refractivity contribution in [1.82, 2.24) is 0 Å². The fourth-order valence-corrected chi connectivity index (χ4v) is 9.20. The number of carbonyl (C=O) groups excluding carboxylic acids is 3. The van der Waals surface area contributed by atoms with Gasteiger partial charge in [-0.3, -0.25) is 14.4 Å². The van der Waals surface area contributed by atoms with Crippen molar-refractivity contribution in [2.45, 2.75) is 343 Å². The molecule has 392 valence electrons. The average Bonchev–Trinajstić information content (AvgIpc) is 3.30. The summed E-state index contributed by atoms with van der Waals surface area (Å²) in [6.07, 6.45) is 56.7. The molecular weight excluding hydrogens is 817 g/mol. The van der Waals surface area contributed by atoms with Crippen molar-refractivity contribution in [2.75, 3.05) is 13.2 Å². The zero-order valence-corrected chi connectivity index (χ0v) is 45.3. The minimum atomic E-state index is -0.762. The van der Waals surface area contributed by atoms with Crippen LogP contribution in [0.25, 0.3) is 0 Å². The minimum Gasteiger partial charge on any atom is -0.462 e. The Hall–Kier alpha value is -1.59. The maximum atomic E-state index is 12.9. The molecular formula is C60H116O6. The van der Waals surface area contributed by atoms with Gasteiger partial charge in [0.1, 0.15) is 13.2 Å². The van der Waals surface area contributed by atoms with Crippen molar-refractivity contribution in [3.63, 3.8) is 0 Å². The van der Waals surface area contributed by atoms with Gasteiger partial charge in [0, 0.05) is 19.3 Å². The second-order valence-electron chi connectivity index (χ2n) is 21.4. The first-order valence-corrected chi connectivity index (χ1v) is 29.8. The Morgan fingerprint density at radius 3 is 0.864 bits per heavy atom. The first-order valence-electron chi connectivity index (χ1n) is 29.8. The number of rotatable bonds is 54. The molecule has 2 atom stereocenters. The summed E-state index contributed by atoms with van der Waals surface area (Å²) in [6, 6.07) is 0. The Balaban J connectivity index is 4.19. The Morgan fingerprint density at radius 2 is 0.576 bits per heavy atom. The number of carbonyl (C=O) groups is 3. The molecule has 0 amide bonds. The third-order valence-electron chi connectivity index (χ3n) is 14.1. The predicted molar refractivity (Wildman–Crippen MR) is 284 cm³/mol. The van der Waals surface area contributed by atoms with Crippen molar-refractivity contribution in [3.05, 3.63) is 0 Å². The van der Waals surface area contributed by atoms with Crippen LogP contribution in [0.15, 0.2) is 0 Å². The summed E-state index contributed by atoms with van der Waals surface area (Å²) < 4.78 is 16.9. The second kappa shape index (κ2) is 52.8. The van der Waals surface area contributed by atoms with Crippen LogP contribution in [0.1, 0.15) is 336 Å². The monoisotopic (exact) mass is 933 g/mol. The fourth-order valence-electron chi connectivity index (χ4n) is 9.20. The van der Waals surface area contributed by atoms with E-state index in [9.17, 15) is 14.4 Å². The van der Waals surface area contributed by atoms with Gasteiger partial charge >= 0.3 is 17.9 Å². The highest BCUT2D eigenvalue weighted by atomic mass is 16.6. The first kappa shape index (κ1) is 64.4. The standard InChI is InChI=1S/C60H116O6/c1-6-8-9-10-11-28-35-40-45-50-58(61)64-53-57(54-65-59(62)51-46-41-36-31-26-22-19-18-21-25-30-34-39-44-49-56(5)7-2)66-60(63)52-47-42-37-32-27-23-17-15-13-12-14-16-20-24-29-33-38-43-48-55(3)4/h55-57H,6-54H2,1-5H3/t56?,57-/m0/s1. The molecule has 0 aromatic rings. The van der Waals surface area contributed by atoms with Crippen molar-refractivity contribution in [1.29, 1.82) is 0 Å². The Bertz CT molecular complexity index is 1010. The molecule has 6 nitrogen and oxygen atoms in total. The van der Waals surface area contributed by atoms with Gasteiger partial charge in [-0.2, -0.15) is 0 Å². The van der Waals surface area contributed by atoms with E-state index in [-0.39, 0.29) is 31.1 Å². The molecule has 0 rings (SSSR count). The molecule has 66 heavy (non-hydrogen) atoms. The zero-order chi connectivity index (χ0) is 48.2. The van der Waals surface area contributed by atoms with Crippen LogP contribution < -0.4 is 0 Å². The van der Waals surface area contributed by atoms with Crippen LogP contribution in [0.2, 0.25) is 0 Å². The van der Waals surface area contributed by atoms with Crippen LogP contribution in [0, 0.1) is 11.8 Å². The van der Waals surface area contributed by atoms with Crippen LogP contribution in [-0.2, 0) is 28.6 Å². The van der Waals surface area contributed by atoms with Gasteiger partial charge in [-0.05, 0) is 31.1 Å². The summed E-state index contributed by atoms with van der Waals surface area (Å²) in [4.78, 5) is 38.1. The lowest BCUT2D eigenvalue weighted by molar-refractivity contribution is -0.167. The summed E-state index contributed by atoms with van der Waals surface area (Å²) >= 11 is 0. The van der Waals surface area contributed by atoms with E-state index in [0.29, 0.717) is 19.3 Å². The molecule has 0 aliphatic carbocycles. The van der Waals surface area contributed by atoms with Gasteiger partial charge in [-0.15, -0.1) is 0 Å². The van der Waals surface area contributed by atoms with Gasteiger partial charge < -0.3 is 14.2 Å². The van der Waals surface area contributed by atoms with E-state index in [1.54, 1.807) is 0 Å². The summed E-state index contributed by atoms with van der Waals surface area (Å²) in [5, 5.41) is 0. The Labute approximate surface area is 412 Å². The molecule has 0 aromatic heterocycles. The van der Waals surface area contributed by atoms with Gasteiger partial charge in [0.05, 0.1) is 0 Å². The number of hydrogen-bond donors (Lipinski definition) is 0. The van der Waals surface area contributed by atoms with Crippen molar-refractivity contribution in [3.8, 4) is 0 Å². The largest absolute Gasteiger partial charge is 0.462 e. The highest BCUT2D eigenvalue weighted by molar-refractivity contribution is 5.71. The van der Waals surface area contributed by atoms with Crippen LogP contribution in [0.5, 0.6) is 0 Å². The van der Waals surface area contributed by atoms with Crippen molar-refractivity contribution < 1.29 is 28.6 Å². The topological polar surface area (TPSA) is 78.9 Å². The van der Waals surface area contributed by atoms with Gasteiger partial charge in [0.25, 0.3) is 0 Å². The van der Waals surface area contributed by atoms with E-state index < -0.39 is 6.10 Å². The minimum absolute atomic E-state index is 0.0626. The molecule has 0 saturated carbocycles. The van der Waals surface area contributed by atoms with Gasteiger partial charge in [-0.25, -0.2) is 0 Å². The summed E-state index contributed by atoms with van der Waals surface area (Å²) in [5.41, 5.74) is 0. The molecule has 0 radical (unpaired) electrons. The highest BCUT2D eigenvalue weighted by Gasteiger charge is 2.19. The van der Waals surface area contributed by atoms with E-state index in [2.05, 4.69) is 34.6 Å². The molecule has 0 aromatic carbocycles. The van der Waals surface area contributed by atoms with Crippen molar-refractivity contribution in [2.24, 2.45) is 11.8 Å². The van der Waals surface area contributed by atoms with E-state index >= 15 is 0 Å². The summed E-state index contributed by atoms with van der Waals surface area (Å²) in [5.74, 6) is 0.914. The third-order valence-corrected chi connectivity index (χ3v) is 14.1. The van der Waals surface area contributed by atoms with Crippen molar-refractivity contribution >= 4 is 17.9 Å². The van der Waals surface area contributed by atoms with Gasteiger partial charge in [0.2, 0.25) is 0 Å². The Kier molecular flexibility index (Phi) is 51.5. The summed E-state index contributed by atoms with van der Waals surface area (Å²) in [6.45, 7) is 11.5. The smallest absolute Gasteiger partial charge is 0.306 e. The van der Waals surface area contributed by atoms with E-state index in [1.165, 1.54) is 225 Å². The number of unbranched alkanes of at least 4 members (excludes halogenated alkanes) is 38. The lowest BCUT2D eigenvalue weighted by Gasteiger charge is -2.18. The van der Waals surface area contributed by atoms with Gasteiger partial charge in [0.15, 0.2) is 6.10 Å². The molecule has 0 aliphatic rings. The van der Waals surface area contributed by atoms with Crippen LogP contribution in [0.4, 0.5) is 0 Å². The lowest BCUT2D eigenvalue weighted by atomic mass is 9.99. The lowest BCUT2D eigenvalue weighted by Crippen LogP contribution is -2.30. The molecule has 0 fully saturated rings. The number of esters is 3. The van der Waals surface area contributed by atoms with Crippen LogP contribution in [0.3, 0.4) is 0 Å². The number of ether oxygens (including phenoxy) is 3. The van der Waals surface area contributed by atoms with E-state index in [4.69, 9.17) is 14.2 Å². The predicted octanol–water partition coefficient (Wildman–Crippen LogP) is 19.7. The normalized spacial score (nSPS) is 12.5. The molecule has 0 saturated heterocycles. The van der Waals surface area contributed by atoms with Crippen LogP contribution >= 0.6 is 0 Å². The van der Waals surface area contributed by atoms with Crippen LogP contribution in [-0.4, -0.2) is 37.2 Å². The highest BCUT2D eigenvalue weighted by Crippen LogP contribution is 2.19. The number of hydrogen-bond acceptors (Lipinski definition) is 6. The van der Waals surface area contributed by atoms with E-state index in [1.807, 2.05) is 0 Å². The maximum absolute atomic E-state index is 12.9. The average molecular weight is 934 g/mol.